The summed E-state index contributed by atoms with van der Waals surface area (Å²) >= 11 is 5.97. The van der Waals surface area contributed by atoms with Crippen LogP contribution in [0.5, 0.6) is 0 Å². The van der Waals surface area contributed by atoms with Gasteiger partial charge in [-0.2, -0.15) is 0 Å². The van der Waals surface area contributed by atoms with E-state index >= 15 is 0 Å². The maximum Gasteiger partial charge on any atom is 0.324 e. The van der Waals surface area contributed by atoms with Gasteiger partial charge < -0.3 is 10.6 Å². The van der Waals surface area contributed by atoms with E-state index in [1.807, 2.05) is 42.5 Å². The van der Waals surface area contributed by atoms with Crippen molar-refractivity contribution in [3.63, 3.8) is 0 Å². The summed E-state index contributed by atoms with van der Waals surface area (Å²) in [4.78, 5) is 27.9. The van der Waals surface area contributed by atoms with Crippen molar-refractivity contribution in [1.29, 1.82) is 0 Å². The predicted molar refractivity (Wildman–Crippen MR) is 98.3 cm³/mol. The Morgan fingerprint density at radius 3 is 2.40 bits per heavy atom. The fourth-order valence-electron chi connectivity index (χ4n) is 2.99. The molecule has 3 amide bonds. The van der Waals surface area contributed by atoms with Gasteiger partial charge in [0.25, 0.3) is 0 Å². The van der Waals surface area contributed by atoms with Gasteiger partial charge in [-0.05, 0) is 36.2 Å². The molecule has 0 aromatic heterocycles. The second-order valence-corrected chi connectivity index (χ2v) is 6.60. The van der Waals surface area contributed by atoms with E-state index in [0.29, 0.717) is 31.1 Å². The summed E-state index contributed by atoms with van der Waals surface area (Å²) in [5.41, 5.74) is 7.17. The molecule has 25 heavy (non-hydrogen) atoms. The summed E-state index contributed by atoms with van der Waals surface area (Å²) in [7, 11) is 0. The highest BCUT2D eigenvalue weighted by Crippen LogP contribution is 2.24. The first-order valence-electron chi connectivity index (χ1n) is 8.20. The average molecular weight is 358 g/mol. The van der Waals surface area contributed by atoms with Crippen LogP contribution in [0.15, 0.2) is 54.6 Å². The minimum atomic E-state index is -0.351. The van der Waals surface area contributed by atoms with Crippen LogP contribution in [0, 0.1) is 5.92 Å². The number of urea groups is 1. The van der Waals surface area contributed by atoms with Crippen molar-refractivity contribution in [3.05, 3.63) is 65.2 Å². The summed E-state index contributed by atoms with van der Waals surface area (Å²) in [5, 5.41) is 0.617. The van der Waals surface area contributed by atoms with Gasteiger partial charge in [0.05, 0.1) is 12.5 Å². The van der Waals surface area contributed by atoms with Crippen LogP contribution in [0.4, 0.5) is 10.5 Å². The van der Waals surface area contributed by atoms with Gasteiger partial charge in [-0.1, -0.05) is 41.9 Å². The first kappa shape index (κ1) is 17.3. The fourth-order valence-corrected chi connectivity index (χ4v) is 3.12. The minimum absolute atomic E-state index is 0.130. The highest BCUT2D eigenvalue weighted by molar-refractivity contribution is 6.30. The molecule has 0 unspecified atom stereocenters. The van der Waals surface area contributed by atoms with Crippen molar-refractivity contribution in [2.24, 2.45) is 11.7 Å². The lowest BCUT2D eigenvalue weighted by molar-refractivity contribution is -0.121. The third-order valence-electron chi connectivity index (χ3n) is 4.41. The molecule has 5 nitrogen and oxygen atoms in total. The summed E-state index contributed by atoms with van der Waals surface area (Å²) in [6.45, 7) is 1.34. The number of rotatable bonds is 4. The van der Waals surface area contributed by atoms with E-state index in [4.69, 9.17) is 17.3 Å². The third kappa shape index (κ3) is 4.12. The van der Waals surface area contributed by atoms with Gasteiger partial charge >= 0.3 is 6.03 Å². The van der Waals surface area contributed by atoms with Crippen molar-refractivity contribution in [1.82, 2.24) is 4.90 Å². The van der Waals surface area contributed by atoms with Gasteiger partial charge in [-0.25, -0.2) is 4.79 Å². The highest BCUT2D eigenvalue weighted by Gasteiger charge is 2.32. The standard InChI is InChI=1S/C19H20ClN3O2/c20-16-6-8-17(9-7-16)23(12-14-4-2-1-3-5-14)19(25)22-11-10-15(13-22)18(21)24/h1-9,15H,10-13H2,(H2,21,24)/t15-/m1/s1. The number of hydrogen-bond acceptors (Lipinski definition) is 2. The van der Waals surface area contributed by atoms with Crippen LogP contribution in [0.1, 0.15) is 12.0 Å². The summed E-state index contributed by atoms with van der Waals surface area (Å²) < 4.78 is 0. The molecule has 3 rings (SSSR count). The molecule has 2 aromatic rings. The molecule has 6 heteroatoms. The average Bonchev–Trinajstić information content (AvgIpc) is 3.11. The molecule has 0 bridgehead atoms. The van der Waals surface area contributed by atoms with Crippen LogP contribution in [0.3, 0.4) is 0 Å². The normalized spacial score (nSPS) is 16.7. The Labute approximate surface area is 152 Å². The Kier molecular flexibility index (Phi) is 5.24. The number of carbonyl (C=O) groups is 2. The Bertz CT molecular complexity index is 749. The van der Waals surface area contributed by atoms with Gasteiger partial charge in [0.1, 0.15) is 0 Å². The number of halogens is 1. The Hall–Kier alpha value is -2.53. The van der Waals surface area contributed by atoms with Crippen LogP contribution in [0.2, 0.25) is 5.02 Å². The van der Waals surface area contributed by atoms with E-state index in [9.17, 15) is 9.59 Å². The number of benzene rings is 2. The number of primary amides is 1. The topological polar surface area (TPSA) is 66.6 Å². The molecular formula is C19H20ClN3O2. The molecule has 0 radical (unpaired) electrons. The Morgan fingerprint density at radius 2 is 1.80 bits per heavy atom. The maximum atomic E-state index is 13.1. The lowest BCUT2D eigenvalue weighted by Gasteiger charge is -2.28. The largest absolute Gasteiger partial charge is 0.369 e. The van der Waals surface area contributed by atoms with E-state index in [0.717, 1.165) is 11.3 Å². The minimum Gasteiger partial charge on any atom is -0.369 e. The van der Waals surface area contributed by atoms with Crippen molar-refractivity contribution in [3.8, 4) is 0 Å². The molecule has 0 spiro atoms. The van der Waals surface area contributed by atoms with Gasteiger partial charge in [0, 0.05) is 23.8 Å². The second kappa shape index (κ2) is 7.57. The van der Waals surface area contributed by atoms with E-state index in [2.05, 4.69) is 0 Å². The second-order valence-electron chi connectivity index (χ2n) is 6.16. The monoisotopic (exact) mass is 357 g/mol. The van der Waals surface area contributed by atoms with Gasteiger partial charge in [-0.3, -0.25) is 9.69 Å². The van der Waals surface area contributed by atoms with Crippen LogP contribution < -0.4 is 10.6 Å². The summed E-state index contributed by atoms with van der Waals surface area (Å²) in [6, 6.07) is 16.8. The molecule has 2 N–H and O–H groups in total. The van der Waals surface area contributed by atoms with Crippen LogP contribution >= 0.6 is 11.6 Å². The quantitative estimate of drug-likeness (QED) is 0.912. The fraction of sp³-hybridized carbons (Fsp3) is 0.263. The van der Waals surface area contributed by atoms with E-state index < -0.39 is 0 Å². The molecule has 2 aromatic carbocycles. The lowest BCUT2D eigenvalue weighted by Crippen LogP contribution is -2.42. The molecule has 130 valence electrons. The van der Waals surface area contributed by atoms with E-state index in [-0.39, 0.29) is 17.9 Å². The molecule has 1 aliphatic rings. The van der Waals surface area contributed by atoms with Crippen molar-refractivity contribution in [2.45, 2.75) is 13.0 Å². The molecule has 1 heterocycles. The third-order valence-corrected chi connectivity index (χ3v) is 4.67. The first-order valence-corrected chi connectivity index (χ1v) is 8.57. The number of amides is 3. The molecule has 1 atom stereocenters. The maximum absolute atomic E-state index is 13.1. The Morgan fingerprint density at radius 1 is 1.12 bits per heavy atom. The highest BCUT2D eigenvalue weighted by atomic mass is 35.5. The Balaban J connectivity index is 1.84. The van der Waals surface area contributed by atoms with Crippen molar-refractivity contribution >= 4 is 29.2 Å². The molecule has 1 aliphatic heterocycles. The van der Waals surface area contributed by atoms with Crippen LogP contribution in [-0.4, -0.2) is 29.9 Å². The van der Waals surface area contributed by atoms with E-state index in [1.165, 1.54) is 0 Å². The van der Waals surface area contributed by atoms with Gasteiger partial charge in [-0.15, -0.1) is 0 Å². The van der Waals surface area contributed by atoms with E-state index in [1.54, 1.807) is 21.9 Å². The number of carbonyl (C=O) groups excluding carboxylic acids is 2. The molecular weight excluding hydrogens is 338 g/mol. The lowest BCUT2D eigenvalue weighted by atomic mass is 10.1. The number of anilines is 1. The molecule has 1 fully saturated rings. The first-order chi connectivity index (χ1) is 12.0. The number of nitrogens with zero attached hydrogens (tertiary/aromatic N) is 2. The van der Waals surface area contributed by atoms with Gasteiger partial charge in [0.2, 0.25) is 5.91 Å². The van der Waals surface area contributed by atoms with Crippen LogP contribution in [0.25, 0.3) is 0 Å². The number of nitrogens with two attached hydrogens (primary N) is 1. The number of likely N-dealkylation sites (tertiary alicyclic amines) is 1. The zero-order valence-corrected chi connectivity index (χ0v) is 14.5. The van der Waals surface area contributed by atoms with Crippen LogP contribution in [-0.2, 0) is 11.3 Å². The molecule has 0 aliphatic carbocycles. The molecule has 0 saturated carbocycles. The summed E-state index contributed by atoms with van der Waals surface area (Å²) in [5.74, 6) is -0.621. The summed E-state index contributed by atoms with van der Waals surface area (Å²) in [6.07, 6.45) is 0.612. The number of hydrogen-bond donors (Lipinski definition) is 1. The van der Waals surface area contributed by atoms with Crippen molar-refractivity contribution in [2.75, 3.05) is 18.0 Å². The zero-order chi connectivity index (χ0) is 17.8. The SMILES string of the molecule is NC(=O)[C@@H]1CCN(C(=O)N(Cc2ccccc2)c2ccc(Cl)cc2)C1. The zero-order valence-electron chi connectivity index (χ0n) is 13.8. The predicted octanol–water partition coefficient (Wildman–Crippen LogP) is 3.27. The molecule has 1 saturated heterocycles. The van der Waals surface area contributed by atoms with Crippen molar-refractivity contribution < 1.29 is 9.59 Å². The van der Waals surface area contributed by atoms with Gasteiger partial charge in [0.15, 0.2) is 0 Å². The smallest absolute Gasteiger partial charge is 0.324 e.